The van der Waals surface area contributed by atoms with Crippen molar-refractivity contribution in [1.29, 1.82) is 0 Å². The lowest BCUT2D eigenvalue weighted by Gasteiger charge is -2.44. The van der Waals surface area contributed by atoms with Crippen molar-refractivity contribution in [3.63, 3.8) is 0 Å². The van der Waals surface area contributed by atoms with Gasteiger partial charge < -0.3 is 37.7 Å². The molecule has 3 rings (SSSR count). The summed E-state index contributed by atoms with van der Waals surface area (Å²) in [7, 11) is 1.45. The monoisotopic (exact) mass is 706 g/mol. The number of aryl methyl sites for hydroxylation is 2. The maximum atomic E-state index is 13.9. The molecule has 0 aliphatic carbocycles. The molecular formula is C34H46N2O14. The summed E-state index contributed by atoms with van der Waals surface area (Å²) in [6.45, 7) is 7.94. The number of esters is 4. The van der Waals surface area contributed by atoms with E-state index in [1.165, 1.54) is 23.7 Å². The van der Waals surface area contributed by atoms with Gasteiger partial charge in [0.2, 0.25) is 18.1 Å². The van der Waals surface area contributed by atoms with Crippen LogP contribution in [0.1, 0.15) is 85.6 Å². The minimum absolute atomic E-state index is 0.135. The number of pyridine rings is 1. The van der Waals surface area contributed by atoms with Crippen molar-refractivity contribution in [3.8, 4) is 11.5 Å². The van der Waals surface area contributed by atoms with E-state index < -0.39 is 71.7 Å². The molecule has 0 saturated carbocycles. The van der Waals surface area contributed by atoms with Crippen molar-refractivity contribution in [3.05, 3.63) is 38.2 Å². The number of ether oxygens (including phenoxy) is 7. The molecule has 2 aromatic rings. The highest BCUT2D eigenvalue weighted by Crippen LogP contribution is 2.40. The lowest BCUT2D eigenvalue weighted by Crippen LogP contribution is -2.63. The van der Waals surface area contributed by atoms with Crippen LogP contribution in [0.25, 0.3) is 10.9 Å². The highest BCUT2D eigenvalue weighted by Gasteiger charge is 2.53. The molecule has 0 radical (unpaired) electrons. The van der Waals surface area contributed by atoms with Gasteiger partial charge in [0.15, 0.2) is 18.0 Å². The molecule has 0 amide bonds. The van der Waals surface area contributed by atoms with Gasteiger partial charge >= 0.3 is 23.9 Å². The number of hydrogen-bond donors (Lipinski definition) is 0. The molecule has 0 spiro atoms. The summed E-state index contributed by atoms with van der Waals surface area (Å²) in [6, 6.07) is 2.58. The molecule has 1 fully saturated rings. The van der Waals surface area contributed by atoms with Gasteiger partial charge in [-0.1, -0.05) is 46.0 Å². The predicted octanol–water partition coefficient (Wildman–Crippen LogP) is 4.21. The zero-order valence-corrected chi connectivity index (χ0v) is 29.5. The number of fused-ring (bicyclic) bond motifs is 1. The molecule has 1 aliphatic rings. The third-order valence-electron chi connectivity index (χ3n) is 8.00. The number of nitrogens with zero attached hydrogens (tertiary/aromatic N) is 2. The summed E-state index contributed by atoms with van der Waals surface area (Å²) in [5.74, 6) is -3.58. The van der Waals surface area contributed by atoms with Crippen molar-refractivity contribution >= 4 is 40.5 Å². The highest BCUT2D eigenvalue weighted by atomic mass is 16.7. The third kappa shape index (κ3) is 10.2. The van der Waals surface area contributed by atoms with Gasteiger partial charge in [0.25, 0.3) is 11.2 Å². The summed E-state index contributed by atoms with van der Waals surface area (Å²) >= 11 is 0. The molecule has 0 bridgehead atoms. The fourth-order valence-electron chi connectivity index (χ4n) is 5.75. The van der Waals surface area contributed by atoms with Gasteiger partial charge in [0.05, 0.1) is 17.0 Å². The maximum Gasteiger partial charge on any atom is 0.303 e. The molecule has 1 aromatic carbocycles. The summed E-state index contributed by atoms with van der Waals surface area (Å²) in [5.41, 5.74) is -0.363. The van der Waals surface area contributed by atoms with Crippen LogP contribution in [-0.2, 0) is 56.3 Å². The van der Waals surface area contributed by atoms with Gasteiger partial charge in [-0.05, 0) is 18.4 Å². The number of rotatable bonds is 17. The van der Waals surface area contributed by atoms with Gasteiger partial charge in [-0.25, -0.2) is 0 Å². The Bertz CT molecular complexity index is 1620. The predicted molar refractivity (Wildman–Crippen MR) is 177 cm³/mol. The van der Waals surface area contributed by atoms with Crippen LogP contribution in [0.3, 0.4) is 0 Å². The number of nitro groups is 1. The van der Waals surface area contributed by atoms with E-state index in [1.807, 2.05) is 0 Å². The second kappa shape index (κ2) is 18.3. The molecule has 1 aromatic heterocycles. The second-order valence-electron chi connectivity index (χ2n) is 11.9. The van der Waals surface area contributed by atoms with Crippen LogP contribution < -0.4 is 15.0 Å². The molecular weight excluding hydrogens is 660 g/mol. The fraction of sp³-hybridized carbons (Fsp3) is 0.618. The van der Waals surface area contributed by atoms with Gasteiger partial charge in [0, 0.05) is 52.3 Å². The SMILES string of the molecule is CCCCCCCCOc1c(O[C@@H]2O[C@H](COC(C)=O)[C@@H](OC(C)=O)[C@H](OC(C)=O)[C@H]2OC(C)=O)c2c(CC)cc([N+](=O)[O-])cc2n(C)c1=O. The molecule has 0 unspecified atom stereocenters. The minimum Gasteiger partial charge on any atom is -0.485 e. The minimum atomic E-state index is -1.68. The summed E-state index contributed by atoms with van der Waals surface area (Å²) in [4.78, 5) is 73.9. The lowest BCUT2D eigenvalue weighted by molar-refractivity contribution is -0.384. The Morgan fingerprint density at radius 3 is 2.02 bits per heavy atom. The van der Waals surface area contributed by atoms with E-state index in [9.17, 15) is 34.1 Å². The van der Waals surface area contributed by atoms with Crippen LogP contribution >= 0.6 is 0 Å². The van der Waals surface area contributed by atoms with Crippen LogP contribution in [0.4, 0.5) is 5.69 Å². The topological polar surface area (TPSA) is 198 Å². The quantitative estimate of drug-likeness (QED) is 0.0745. The first-order valence-corrected chi connectivity index (χ1v) is 16.6. The number of non-ortho nitro benzene ring substituents is 1. The van der Waals surface area contributed by atoms with E-state index in [0.717, 1.165) is 59.8 Å². The Morgan fingerprint density at radius 2 is 1.44 bits per heavy atom. The van der Waals surface area contributed by atoms with E-state index in [4.69, 9.17) is 33.2 Å². The molecule has 16 nitrogen and oxygen atoms in total. The van der Waals surface area contributed by atoms with Crippen molar-refractivity contribution in [2.75, 3.05) is 13.2 Å². The molecule has 2 heterocycles. The summed E-state index contributed by atoms with van der Waals surface area (Å²) in [5, 5.41) is 12.1. The smallest absolute Gasteiger partial charge is 0.303 e. The van der Waals surface area contributed by atoms with Crippen LogP contribution in [0.5, 0.6) is 11.5 Å². The highest BCUT2D eigenvalue weighted by molar-refractivity contribution is 5.92. The van der Waals surface area contributed by atoms with E-state index in [2.05, 4.69) is 6.92 Å². The van der Waals surface area contributed by atoms with Gasteiger partial charge in [-0.3, -0.25) is 34.1 Å². The van der Waals surface area contributed by atoms with Crippen LogP contribution in [-0.4, -0.2) is 77.3 Å². The Hall–Kier alpha value is -4.73. The number of carbonyl (C=O) groups excluding carboxylic acids is 4. The van der Waals surface area contributed by atoms with E-state index in [0.29, 0.717) is 12.0 Å². The second-order valence-corrected chi connectivity index (χ2v) is 11.9. The van der Waals surface area contributed by atoms with Crippen molar-refractivity contribution in [2.45, 2.75) is 117 Å². The molecule has 1 aliphatic heterocycles. The number of nitro benzene ring substituents is 1. The normalized spacial score (nSPS) is 20.1. The Labute approximate surface area is 289 Å². The molecule has 16 heteroatoms. The van der Waals surface area contributed by atoms with Crippen molar-refractivity contribution < 1.29 is 57.3 Å². The fourth-order valence-corrected chi connectivity index (χ4v) is 5.75. The zero-order valence-electron chi connectivity index (χ0n) is 29.5. The largest absolute Gasteiger partial charge is 0.485 e. The Morgan fingerprint density at radius 1 is 0.840 bits per heavy atom. The van der Waals surface area contributed by atoms with E-state index in [-0.39, 0.29) is 41.1 Å². The van der Waals surface area contributed by atoms with Gasteiger partial charge in [-0.15, -0.1) is 0 Å². The Balaban J connectivity index is 2.25. The first-order chi connectivity index (χ1) is 23.7. The number of hydrogen-bond acceptors (Lipinski definition) is 14. The van der Waals surface area contributed by atoms with Gasteiger partial charge in [-0.2, -0.15) is 0 Å². The summed E-state index contributed by atoms with van der Waals surface area (Å²) in [6.07, 6.45) is -1.61. The number of unbranched alkanes of at least 4 members (excludes halogenated alkanes) is 5. The maximum absolute atomic E-state index is 13.9. The molecule has 50 heavy (non-hydrogen) atoms. The lowest BCUT2D eigenvalue weighted by atomic mass is 9.98. The first-order valence-electron chi connectivity index (χ1n) is 16.6. The number of benzene rings is 1. The van der Waals surface area contributed by atoms with Crippen LogP contribution in [0, 0.1) is 10.1 Å². The van der Waals surface area contributed by atoms with E-state index in [1.54, 1.807) is 6.92 Å². The Kier molecular flexibility index (Phi) is 14.5. The van der Waals surface area contributed by atoms with E-state index >= 15 is 0 Å². The van der Waals surface area contributed by atoms with Crippen LogP contribution in [0.2, 0.25) is 0 Å². The summed E-state index contributed by atoms with van der Waals surface area (Å²) < 4.78 is 41.6. The standard InChI is InChI=1S/C34H46N2O14/c1-8-10-11-12-13-14-15-44-31-29(27-23(9-2)16-24(36(42)43)17-25(27)35(7)33(31)41)50-34-32(48-22(6)40)30(47-21(5)39)28(46-20(4)38)26(49-34)18-45-19(3)37/h16-17,26,28,30,32,34H,8-15,18H2,1-7H3/t26-,28-,30+,32-,34+/m1/s1. The molecule has 276 valence electrons. The van der Waals surface area contributed by atoms with Crippen molar-refractivity contribution in [2.24, 2.45) is 7.05 Å². The third-order valence-corrected chi connectivity index (χ3v) is 8.00. The number of aromatic nitrogens is 1. The average molecular weight is 707 g/mol. The van der Waals surface area contributed by atoms with Crippen molar-refractivity contribution in [1.82, 2.24) is 4.57 Å². The molecule has 0 N–H and O–H groups in total. The first kappa shape index (κ1) is 39.7. The number of carbonyl (C=O) groups is 4. The zero-order chi connectivity index (χ0) is 37.1. The molecule has 5 atom stereocenters. The van der Waals surface area contributed by atoms with Gasteiger partial charge in [0.1, 0.15) is 12.7 Å². The average Bonchev–Trinajstić information content (AvgIpc) is 3.04. The molecule has 1 saturated heterocycles. The van der Waals surface area contributed by atoms with Crippen LogP contribution in [0.15, 0.2) is 16.9 Å².